The topological polar surface area (TPSA) is 79.0 Å². The monoisotopic (exact) mass is 463 g/mol. The third-order valence-corrected chi connectivity index (χ3v) is 8.00. The summed E-state index contributed by atoms with van der Waals surface area (Å²) in [5, 5.41) is 3.65. The Morgan fingerprint density at radius 3 is 2.52 bits per heavy atom. The Kier molecular flexibility index (Phi) is 7.46. The largest absolute Gasteiger partial charge is 0.383 e. The SMILES string of the molecule is CNCC1CN(CCOC)C(=O)C2CCC[C@H]1N2S(=O)(=O)c1cc(Cl)cc(Cl)c1. The van der Waals surface area contributed by atoms with Gasteiger partial charge in [-0.1, -0.05) is 23.2 Å². The zero-order valence-electron chi connectivity index (χ0n) is 16.6. The number of rotatable bonds is 7. The first-order valence-electron chi connectivity index (χ1n) is 9.71. The highest BCUT2D eigenvalue weighted by Crippen LogP contribution is 2.37. The van der Waals surface area contributed by atoms with Gasteiger partial charge in [0.25, 0.3) is 0 Å². The summed E-state index contributed by atoms with van der Waals surface area (Å²) in [5.74, 6) is -0.197. The summed E-state index contributed by atoms with van der Waals surface area (Å²) in [5.41, 5.74) is 0. The molecule has 2 aliphatic rings. The maximum atomic E-state index is 13.7. The van der Waals surface area contributed by atoms with Crippen molar-refractivity contribution >= 4 is 39.1 Å². The quantitative estimate of drug-likeness (QED) is 0.670. The first kappa shape index (κ1) is 22.8. The lowest BCUT2D eigenvalue weighted by Gasteiger charge is -2.40. The maximum absolute atomic E-state index is 13.7. The van der Waals surface area contributed by atoms with E-state index in [1.165, 1.54) is 22.5 Å². The minimum atomic E-state index is -3.96. The van der Waals surface area contributed by atoms with E-state index >= 15 is 0 Å². The molecular weight excluding hydrogens is 437 g/mol. The Hall–Kier alpha value is -0.900. The zero-order valence-corrected chi connectivity index (χ0v) is 18.9. The number of hydrogen-bond donors (Lipinski definition) is 1. The van der Waals surface area contributed by atoms with Crippen LogP contribution in [0.25, 0.3) is 0 Å². The Labute approximate surface area is 182 Å². The predicted octanol–water partition coefficient (Wildman–Crippen LogP) is 2.23. The van der Waals surface area contributed by atoms with Crippen molar-refractivity contribution in [1.29, 1.82) is 0 Å². The fourth-order valence-electron chi connectivity index (χ4n) is 4.40. The normalized spacial score (nSPS) is 25.9. The molecule has 2 fully saturated rings. The molecule has 29 heavy (non-hydrogen) atoms. The average molecular weight is 464 g/mol. The molecule has 162 valence electrons. The number of halogens is 2. The van der Waals surface area contributed by atoms with Crippen molar-refractivity contribution in [2.75, 3.05) is 40.4 Å². The number of carbonyl (C=O) groups excluding carboxylic acids is 1. The number of nitrogens with one attached hydrogen (secondary N) is 1. The van der Waals surface area contributed by atoms with E-state index in [-0.39, 0.29) is 32.8 Å². The minimum absolute atomic E-state index is 0.0215. The average Bonchev–Trinajstić information content (AvgIpc) is 2.74. The molecule has 0 saturated carbocycles. The van der Waals surface area contributed by atoms with E-state index in [2.05, 4.69) is 5.32 Å². The molecule has 0 aromatic heterocycles. The van der Waals surface area contributed by atoms with Crippen LogP contribution in [0, 0.1) is 5.92 Å². The molecule has 7 nitrogen and oxygen atoms in total. The molecule has 10 heteroatoms. The standard InChI is InChI=1S/C19H27Cl2N3O4S/c1-22-11-13-12-23(6-7-28-2)19(25)18-5-3-4-17(13)24(18)29(26,27)16-9-14(20)8-15(21)10-16/h8-10,13,17-18,22H,3-7,11-12H2,1-2H3/t13?,17-,18?/m1/s1. The van der Waals surface area contributed by atoms with Gasteiger partial charge in [0.2, 0.25) is 15.9 Å². The molecule has 0 radical (unpaired) electrons. The Morgan fingerprint density at radius 2 is 1.90 bits per heavy atom. The van der Waals surface area contributed by atoms with Crippen LogP contribution in [0.5, 0.6) is 0 Å². The van der Waals surface area contributed by atoms with Crippen LogP contribution in [0.4, 0.5) is 0 Å². The van der Waals surface area contributed by atoms with Crippen LogP contribution in [-0.2, 0) is 19.6 Å². The van der Waals surface area contributed by atoms with Crippen LogP contribution in [0.15, 0.2) is 23.1 Å². The third kappa shape index (κ3) is 4.73. The summed E-state index contributed by atoms with van der Waals surface area (Å²) in [6.07, 6.45) is 2.02. The molecule has 1 amide bonds. The van der Waals surface area contributed by atoms with E-state index in [9.17, 15) is 13.2 Å². The molecule has 2 heterocycles. The Balaban J connectivity index is 2.07. The molecule has 1 N–H and O–H groups in total. The minimum Gasteiger partial charge on any atom is -0.383 e. The van der Waals surface area contributed by atoms with Gasteiger partial charge in [0.05, 0.1) is 11.5 Å². The zero-order chi connectivity index (χ0) is 21.2. The molecule has 2 aliphatic heterocycles. The number of carbonyl (C=O) groups is 1. The van der Waals surface area contributed by atoms with Crippen molar-refractivity contribution in [3.05, 3.63) is 28.2 Å². The summed E-state index contributed by atoms with van der Waals surface area (Å²) >= 11 is 12.1. The number of hydrogen-bond acceptors (Lipinski definition) is 5. The van der Waals surface area contributed by atoms with E-state index in [0.29, 0.717) is 39.1 Å². The predicted molar refractivity (Wildman–Crippen MR) is 113 cm³/mol. The molecule has 2 bridgehead atoms. The van der Waals surface area contributed by atoms with Gasteiger partial charge in [0.1, 0.15) is 6.04 Å². The molecule has 2 saturated heterocycles. The van der Waals surface area contributed by atoms with Crippen LogP contribution in [0.3, 0.4) is 0 Å². The molecular formula is C19H27Cl2N3O4S. The second-order valence-electron chi connectivity index (χ2n) is 7.55. The van der Waals surface area contributed by atoms with Gasteiger partial charge in [0, 0.05) is 48.7 Å². The molecule has 0 spiro atoms. The van der Waals surface area contributed by atoms with Crippen LogP contribution >= 0.6 is 23.2 Å². The smallest absolute Gasteiger partial charge is 0.244 e. The molecule has 3 atom stereocenters. The summed E-state index contributed by atoms with van der Waals surface area (Å²) < 4.78 is 33.9. The van der Waals surface area contributed by atoms with Gasteiger partial charge >= 0.3 is 0 Å². The Morgan fingerprint density at radius 1 is 1.21 bits per heavy atom. The highest BCUT2D eigenvalue weighted by atomic mass is 35.5. The van der Waals surface area contributed by atoms with Gasteiger partial charge in [0.15, 0.2) is 0 Å². The molecule has 0 aliphatic carbocycles. The van der Waals surface area contributed by atoms with Crippen molar-refractivity contribution in [2.45, 2.75) is 36.2 Å². The van der Waals surface area contributed by atoms with Crippen LogP contribution in [0.2, 0.25) is 10.0 Å². The van der Waals surface area contributed by atoms with Crippen LogP contribution < -0.4 is 5.32 Å². The second kappa shape index (κ2) is 9.49. The van der Waals surface area contributed by atoms with Gasteiger partial charge in [-0.05, 0) is 44.5 Å². The van der Waals surface area contributed by atoms with Gasteiger partial charge in [-0.3, -0.25) is 4.79 Å². The third-order valence-electron chi connectivity index (χ3n) is 5.65. The molecule has 1 aromatic rings. The summed E-state index contributed by atoms with van der Waals surface area (Å²) in [6.45, 7) is 1.95. The van der Waals surface area contributed by atoms with Gasteiger partial charge in [-0.2, -0.15) is 4.31 Å². The second-order valence-corrected chi connectivity index (χ2v) is 10.3. The number of amides is 1. The molecule has 1 aromatic carbocycles. The van der Waals surface area contributed by atoms with Gasteiger partial charge < -0.3 is 15.0 Å². The Bertz CT molecular complexity index is 832. The summed E-state index contributed by atoms with van der Waals surface area (Å²) in [4.78, 5) is 15.1. The summed E-state index contributed by atoms with van der Waals surface area (Å²) in [7, 11) is -0.536. The first-order valence-corrected chi connectivity index (χ1v) is 11.9. The fraction of sp³-hybridized carbons (Fsp3) is 0.632. The van der Waals surface area contributed by atoms with E-state index in [0.717, 1.165) is 6.42 Å². The van der Waals surface area contributed by atoms with E-state index in [1.54, 1.807) is 12.0 Å². The van der Waals surface area contributed by atoms with E-state index in [4.69, 9.17) is 27.9 Å². The number of piperidine rings is 1. The number of ether oxygens (including phenoxy) is 1. The highest BCUT2D eigenvalue weighted by molar-refractivity contribution is 7.89. The van der Waals surface area contributed by atoms with E-state index in [1.807, 2.05) is 7.05 Å². The van der Waals surface area contributed by atoms with Crippen LogP contribution in [-0.4, -0.2) is 76.0 Å². The van der Waals surface area contributed by atoms with Crippen molar-refractivity contribution in [3.8, 4) is 0 Å². The fourth-order valence-corrected chi connectivity index (χ4v) is 7.01. The lowest BCUT2D eigenvalue weighted by molar-refractivity contribution is -0.135. The lowest BCUT2D eigenvalue weighted by Crippen LogP contribution is -2.55. The van der Waals surface area contributed by atoms with Crippen molar-refractivity contribution < 1.29 is 17.9 Å². The number of nitrogens with zero attached hydrogens (tertiary/aromatic N) is 2. The highest BCUT2D eigenvalue weighted by Gasteiger charge is 2.49. The van der Waals surface area contributed by atoms with E-state index < -0.39 is 16.1 Å². The van der Waals surface area contributed by atoms with Crippen molar-refractivity contribution in [3.63, 3.8) is 0 Å². The molecule has 2 unspecified atom stereocenters. The van der Waals surface area contributed by atoms with Gasteiger partial charge in [-0.25, -0.2) is 8.42 Å². The summed E-state index contributed by atoms with van der Waals surface area (Å²) in [6, 6.07) is 3.27. The van der Waals surface area contributed by atoms with Crippen molar-refractivity contribution in [1.82, 2.24) is 14.5 Å². The number of benzene rings is 1. The number of methoxy groups -OCH3 is 1. The maximum Gasteiger partial charge on any atom is 0.244 e. The number of fused-ring (bicyclic) bond motifs is 2. The van der Waals surface area contributed by atoms with Gasteiger partial charge in [-0.15, -0.1) is 0 Å². The van der Waals surface area contributed by atoms with Crippen LogP contribution in [0.1, 0.15) is 19.3 Å². The lowest BCUT2D eigenvalue weighted by atomic mass is 9.90. The number of sulfonamides is 1. The first-order chi connectivity index (χ1) is 13.8. The van der Waals surface area contributed by atoms with Crippen molar-refractivity contribution in [2.24, 2.45) is 5.92 Å². The molecule has 3 rings (SSSR count).